The zero-order chi connectivity index (χ0) is 21.2. The summed E-state index contributed by atoms with van der Waals surface area (Å²) in [5, 5.41) is 3.64. The molecule has 1 N–H and O–H groups in total. The predicted octanol–water partition coefficient (Wildman–Crippen LogP) is 5.29. The number of halogens is 1. The molecular weight excluding hydrogens is 440 g/mol. The summed E-state index contributed by atoms with van der Waals surface area (Å²) in [6.07, 6.45) is 12.1. The van der Waals surface area contributed by atoms with E-state index in [1.165, 1.54) is 81.0 Å². The Kier molecular flexibility index (Phi) is 10.5. The normalized spacial score (nSPS) is 23.6. The number of piperidine rings is 1. The number of ether oxygens (including phenoxy) is 2. The van der Waals surface area contributed by atoms with Crippen molar-refractivity contribution >= 4 is 15.9 Å². The highest BCUT2D eigenvalue weighted by Crippen LogP contribution is 2.30. The van der Waals surface area contributed by atoms with Gasteiger partial charge in [-0.3, -0.25) is 0 Å². The Morgan fingerprint density at radius 2 is 1.80 bits per heavy atom. The Morgan fingerprint density at radius 1 is 1.03 bits per heavy atom. The molecule has 1 aromatic rings. The fraction of sp³-hybridized carbons (Fsp3) is 0.760. The van der Waals surface area contributed by atoms with Crippen LogP contribution in [0.25, 0.3) is 0 Å². The summed E-state index contributed by atoms with van der Waals surface area (Å²) in [6, 6.07) is 7.06. The van der Waals surface area contributed by atoms with Gasteiger partial charge >= 0.3 is 0 Å². The van der Waals surface area contributed by atoms with Gasteiger partial charge in [0.25, 0.3) is 0 Å². The lowest BCUT2D eigenvalue weighted by atomic mass is 9.83. The first kappa shape index (κ1) is 24.0. The van der Waals surface area contributed by atoms with Gasteiger partial charge in [0.05, 0.1) is 13.7 Å². The summed E-state index contributed by atoms with van der Waals surface area (Å²) < 4.78 is 11.8. The Bertz CT molecular complexity index is 611. The molecule has 0 amide bonds. The van der Waals surface area contributed by atoms with E-state index in [1.807, 2.05) is 6.07 Å². The molecule has 0 bridgehead atoms. The van der Waals surface area contributed by atoms with Crippen LogP contribution in [-0.2, 0) is 11.2 Å². The van der Waals surface area contributed by atoms with Crippen LogP contribution in [0.2, 0.25) is 0 Å². The summed E-state index contributed by atoms with van der Waals surface area (Å²) in [7, 11) is 3.53. The van der Waals surface area contributed by atoms with Gasteiger partial charge in [-0.25, -0.2) is 0 Å². The Balaban J connectivity index is 1.28. The fourth-order valence-electron chi connectivity index (χ4n) is 5.18. The molecule has 1 saturated heterocycles. The third-order valence-corrected chi connectivity index (χ3v) is 7.91. The van der Waals surface area contributed by atoms with E-state index in [2.05, 4.69) is 38.3 Å². The van der Waals surface area contributed by atoms with Crippen LogP contribution in [0.3, 0.4) is 0 Å². The number of likely N-dealkylation sites (tertiary alicyclic amines) is 1. The molecule has 0 unspecified atom stereocenters. The van der Waals surface area contributed by atoms with Gasteiger partial charge in [0, 0.05) is 24.2 Å². The Labute approximate surface area is 192 Å². The monoisotopic (exact) mass is 480 g/mol. The number of nitrogens with one attached hydrogen (secondary N) is 1. The van der Waals surface area contributed by atoms with Crippen molar-refractivity contribution in [1.29, 1.82) is 0 Å². The summed E-state index contributed by atoms with van der Waals surface area (Å²) in [6.45, 7) is 5.65. The van der Waals surface area contributed by atoms with Crippen LogP contribution in [0, 0.1) is 11.8 Å². The molecule has 170 valence electrons. The fourth-order valence-corrected chi connectivity index (χ4v) is 5.59. The van der Waals surface area contributed by atoms with Crippen LogP contribution in [-0.4, -0.2) is 57.9 Å². The summed E-state index contributed by atoms with van der Waals surface area (Å²) >= 11 is 3.71. The highest BCUT2D eigenvalue weighted by Gasteiger charge is 2.22. The molecule has 30 heavy (non-hydrogen) atoms. The molecule has 0 spiro atoms. The van der Waals surface area contributed by atoms with Gasteiger partial charge in [0.2, 0.25) is 0 Å². The quantitative estimate of drug-likeness (QED) is 0.436. The number of hydrogen-bond donors (Lipinski definition) is 1. The molecule has 1 aromatic carbocycles. The molecule has 1 aliphatic carbocycles. The van der Waals surface area contributed by atoms with Crippen molar-refractivity contribution in [2.75, 3.05) is 47.0 Å². The van der Waals surface area contributed by atoms with Gasteiger partial charge in [0.1, 0.15) is 5.75 Å². The highest BCUT2D eigenvalue weighted by molar-refractivity contribution is 9.10. The van der Waals surface area contributed by atoms with Gasteiger partial charge in [-0.2, -0.15) is 0 Å². The first-order valence-corrected chi connectivity index (χ1v) is 12.7. The van der Waals surface area contributed by atoms with E-state index in [1.54, 1.807) is 14.2 Å². The largest absolute Gasteiger partial charge is 0.497 e. The number of hydrogen-bond acceptors (Lipinski definition) is 4. The minimum atomic E-state index is 0.722. The van der Waals surface area contributed by atoms with Gasteiger partial charge in [-0.15, -0.1) is 0 Å². The first-order chi connectivity index (χ1) is 14.7. The van der Waals surface area contributed by atoms with Gasteiger partial charge in [-0.1, -0.05) is 15.9 Å². The molecular formula is C25H41BrN2O2. The number of methoxy groups -OCH3 is 2. The summed E-state index contributed by atoms with van der Waals surface area (Å²) in [5.74, 6) is 2.71. The Hall–Kier alpha value is -0.620. The SMILES string of the molecule is COCCN[C@H]1CC[C@H](CCCN2CCC(Cc3cc(OC)ccc3Br)CC2)CC1. The van der Waals surface area contributed by atoms with Crippen molar-refractivity contribution in [1.82, 2.24) is 10.2 Å². The molecule has 2 aliphatic rings. The third kappa shape index (κ3) is 7.81. The highest BCUT2D eigenvalue weighted by atomic mass is 79.9. The van der Waals surface area contributed by atoms with Crippen LogP contribution in [0.1, 0.15) is 56.9 Å². The second-order valence-electron chi connectivity index (χ2n) is 9.25. The molecule has 0 atom stereocenters. The minimum Gasteiger partial charge on any atom is -0.497 e. The van der Waals surface area contributed by atoms with Gasteiger partial charge < -0.3 is 19.7 Å². The standard InChI is InChI=1S/C25H41BrN2O2/c1-29-17-13-27-23-7-5-20(6-8-23)4-3-14-28-15-11-21(12-16-28)18-22-19-24(30-2)9-10-25(22)26/h9-10,19-21,23,27H,3-8,11-18H2,1-2H3/t20-,23-. The number of benzene rings is 1. The molecule has 1 heterocycles. The van der Waals surface area contributed by atoms with Crippen LogP contribution in [0.5, 0.6) is 5.75 Å². The zero-order valence-corrected chi connectivity index (χ0v) is 20.6. The topological polar surface area (TPSA) is 33.7 Å². The average Bonchev–Trinajstić information content (AvgIpc) is 2.78. The smallest absolute Gasteiger partial charge is 0.119 e. The predicted molar refractivity (Wildman–Crippen MR) is 128 cm³/mol. The van der Waals surface area contributed by atoms with Crippen LogP contribution < -0.4 is 10.1 Å². The van der Waals surface area contributed by atoms with Crippen molar-refractivity contribution < 1.29 is 9.47 Å². The maximum absolute atomic E-state index is 5.40. The number of nitrogens with zero attached hydrogens (tertiary/aromatic N) is 1. The Morgan fingerprint density at radius 3 is 2.50 bits per heavy atom. The second-order valence-corrected chi connectivity index (χ2v) is 10.1. The van der Waals surface area contributed by atoms with Crippen LogP contribution in [0.4, 0.5) is 0 Å². The van der Waals surface area contributed by atoms with E-state index in [9.17, 15) is 0 Å². The van der Waals surface area contributed by atoms with E-state index in [-0.39, 0.29) is 0 Å². The van der Waals surface area contributed by atoms with E-state index in [0.717, 1.165) is 43.2 Å². The van der Waals surface area contributed by atoms with Crippen LogP contribution >= 0.6 is 15.9 Å². The number of rotatable bonds is 11. The van der Waals surface area contributed by atoms with Crippen molar-refractivity contribution in [3.63, 3.8) is 0 Å². The summed E-state index contributed by atoms with van der Waals surface area (Å²) in [5.41, 5.74) is 1.39. The van der Waals surface area contributed by atoms with E-state index in [4.69, 9.17) is 9.47 Å². The molecule has 4 nitrogen and oxygen atoms in total. The first-order valence-electron chi connectivity index (χ1n) is 11.9. The van der Waals surface area contributed by atoms with Crippen molar-refractivity contribution in [2.45, 2.75) is 63.8 Å². The van der Waals surface area contributed by atoms with E-state index < -0.39 is 0 Å². The third-order valence-electron chi connectivity index (χ3n) is 7.14. The maximum atomic E-state index is 5.40. The molecule has 2 fully saturated rings. The molecule has 3 rings (SSSR count). The van der Waals surface area contributed by atoms with Crippen molar-refractivity contribution in [3.05, 3.63) is 28.2 Å². The molecule has 1 aliphatic heterocycles. The lowest BCUT2D eigenvalue weighted by Gasteiger charge is -2.33. The molecule has 0 aromatic heterocycles. The lowest BCUT2D eigenvalue weighted by molar-refractivity contribution is 0.171. The van der Waals surface area contributed by atoms with E-state index in [0.29, 0.717) is 0 Å². The maximum Gasteiger partial charge on any atom is 0.119 e. The van der Waals surface area contributed by atoms with Crippen molar-refractivity contribution in [3.8, 4) is 5.75 Å². The molecule has 1 saturated carbocycles. The van der Waals surface area contributed by atoms with Gasteiger partial charge in [0.15, 0.2) is 0 Å². The van der Waals surface area contributed by atoms with Crippen molar-refractivity contribution in [2.24, 2.45) is 11.8 Å². The summed E-state index contributed by atoms with van der Waals surface area (Å²) in [4.78, 5) is 2.70. The molecule has 5 heteroatoms. The lowest BCUT2D eigenvalue weighted by Crippen LogP contribution is -2.36. The molecule has 0 radical (unpaired) electrons. The minimum absolute atomic E-state index is 0.722. The average molecular weight is 482 g/mol. The second kappa shape index (κ2) is 13.0. The van der Waals surface area contributed by atoms with E-state index >= 15 is 0 Å². The van der Waals surface area contributed by atoms with Gasteiger partial charge in [-0.05, 0) is 113 Å². The zero-order valence-electron chi connectivity index (χ0n) is 19.0. The van der Waals surface area contributed by atoms with Crippen LogP contribution in [0.15, 0.2) is 22.7 Å².